The Morgan fingerprint density at radius 1 is 1.58 bits per heavy atom. The summed E-state index contributed by atoms with van der Waals surface area (Å²) in [6.45, 7) is 7.06. The van der Waals surface area contributed by atoms with E-state index in [4.69, 9.17) is 4.74 Å². The number of esters is 1. The van der Waals surface area contributed by atoms with Crippen LogP contribution in [0.15, 0.2) is 18.5 Å². The summed E-state index contributed by atoms with van der Waals surface area (Å²) in [6.07, 6.45) is 3.21. The molecule has 2 rings (SSSR count). The van der Waals surface area contributed by atoms with E-state index >= 15 is 0 Å². The molecular weight excluding hydrogens is 246 g/mol. The van der Waals surface area contributed by atoms with Crippen LogP contribution in [0.1, 0.15) is 32.0 Å². The SMILES string of the molecule is CCN1CC(C)(C)OC(=O)C1CC(=O)n1cccn1. The van der Waals surface area contributed by atoms with Gasteiger partial charge in [0.05, 0.1) is 6.42 Å². The number of carbonyl (C=O) groups is 2. The summed E-state index contributed by atoms with van der Waals surface area (Å²) in [7, 11) is 0. The van der Waals surface area contributed by atoms with Crippen molar-refractivity contribution in [3.8, 4) is 0 Å². The van der Waals surface area contributed by atoms with Crippen molar-refractivity contribution in [2.24, 2.45) is 0 Å². The molecule has 0 aromatic carbocycles. The van der Waals surface area contributed by atoms with Gasteiger partial charge in [-0.05, 0) is 26.5 Å². The number of carbonyl (C=O) groups excluding carboxylic acids is 2. The van der Waals surface area contributed by atoms with Crippen LogP contribution in [0.25, 0.3) is 0 Å². The predicted octanol–water partition coefficient (Wildman–Crippen LogP) is 0.939. The molecular formula is C13H19N3O3. The van der Waals surface area contributed by atoms with Crippen molar-refractivity contribution in [1.82, 2.24) is 14.7 Å². The molecule has 1 atom stereocenters. The number of likely N-dealkylation sites (N-methyl/N-ethyl adjacent to an activating group) is 1. The van der Waals surface area contributed by atoms with Crippen molar-refractivity contribution in [3.63, 3.8) is 0 Å². The summed E-state index contributed by atoms with van der Waals surface area (Å²) in [6, 6.07) is 1.16. The number of ether oxygens (including phenoxy) is 1. The molecule has 104 valence electrons. The van der Waals surface area contributed by atoms with Gasteiger partial charge in [-0.3, -0.25) is 14.5 Å². The summed E-state index contributed by atoms with van der Waals surface area (Å²) in [5.74, 6) is -0.538. The van der Waals surface area contributed by atoms with Crippen molar-refractivity contribution in [3.05, 3.63) is 18.5 Å². The minimum atomic E-state index is -0.519. The van der Waals surface area contributed by atoms with Gasteiger partial charge in [-0.25, -0.2) is 4.68 Å². The second kappa shape index (κ2) is 5.13. The molecule has 1 saturated heterocycles. The maximum atomic E-state index is 12.0. The van der Waals surface area contributed by atoms with E-state index in [2.05, 4.69) is 5.10 Å². The Labute approximate surface area is 112 Å². The van der Waals surface area contributed by atoms with Gasteiger partial charge in [0.25, 0.3) is 0 Å². The maximum absolute atomic E-state index is 12.0. The highest BCUT2D eigenvalue weighted by Gasteiger charge is 2.40. The molecule has 0 N–H and O–H groups in total. The van der Waals surface area contributed by atoms with Crippen molar-refractivity contribution < 1.29 is 14.3 Å². The molecule has 19 heavy (non-hydrogen) atoms. The van der Waals surface area contributed by atoms with E-state index in [1.807, 2.05) is 25.7 Å². The van der Waals surface area contributed by atoms with Gasteiger partial charge in [-0.2, -0.15) is 5.10 Å². The van der Waals surface area contributed by atoms with Crippen LogP contribution in [0, 0.1) is 0 Å². The lowest BCUT2D eigenvalue weighted by molar-refractivity contribution is -0.177. The molecule has 2 heterocycles. The van der Waals surface area contributed by atoms with E-state index in [9.17, 15) is 9.59 Å². The van der Waals surface area contributed by atoms with Crippen LogP contribution in [-0.2, 0) is 9.53 Å². The Balaban J connectivity index is 2.10. The summed E-state index contributed by atoms with van der Waals surface area (Å²) < 4.78 is 6.62. The highest BCUT2D eigenvalue weighted by Crippen LogP contribution is 2.23. The smallest absolute Gasteiger partial charge is 0.324 e. The van der Waals surface area contributed by atoms with Crippen LogP contribution in [-0.4, -0.2) is 51.3 Å². The normalized spacial score (nSPS) is 23.1. The largest absolute Gasteiger partial charge is 0.457 e. The Hall–Kier alpha value is -1.69. The van der Waals surface area contributed by atoms with E-state index < -0.39 is 11.6 Å². The van der Waals surface area contributed by atoms with Crippen molar-refractivity contribution in [2.45, 2.75) is 38.8 Å². The maximum Gasteiger partial charge on any atom is 0.324 e. The average molecular weight is 265 g/mol. The van der Waals surface area contributed by atoms with Crippen LogP contribution in [0.4, 0.5) is 0 Å². The first-order valence-electron chi connectivity index (χ1n) is 6.42. The molecule has 1 aromatic heterocycles. The van der Waals surface area contributed by atoms with Crippen molar-refractivity contribution >= 4 is 11.9 Å². The van der Waals surface area contributed by atoms with Gasteiger partial charge in [0.1, 0.15) is 11.6 Å². The average Bonchev–Trinajstić information content (AvgIpc) is 2.85. The minimum absolute atomic E-state index is 0.0877. The number of nitrogens with zero attached hydrogens (tertiary/aromatic N) is 3. The third kappa shape index (κ3) is 3.01. The Bertz CT molecular complexity index is 467. The Morgan fingerprint density at radius 3 is 2.89 bits per heavy atom. The lowest BCUT2D eigenvalue weighted by Crippen LogP contribution is -2.57. The van der Waals surface area contributed by atoms with E-state index in [0.717, 1.165) is 0 Å². The molecule has 0 aliphatic carbocycles. The number of rotatable bonds is 3. The first kappa shape index (κ1) is 13.7. The van der Waals surface area contributed by atoms with E-state index in [-0.39, 0.29) is 18.3 Å². The Morgan fingerprint density at radius 2 is 2.32 bits per heavy atom. The Kier molecular flexibility index (Phi) is 3.71. The number of aromatic nitrogens is 2. The molecule has 0 bridgehead atoms. The quantitative estimate of drug-likeness (QED) is 0.761. The molecule has 0 radical (unpaired) electrons. The molecule has 0 spiro atoms. The highest BCUT2D eigenvalue weighted by molar-refractivity contribution is 5.86. The molecule has 0 saturated carbocycles. The van der Waals surface area contributed by atoms with Crippen molar-refractivity contribution in [1.29, 1.82) is 0 Å². The standard InChI is InChI=1S/C13H19N3O3/c1-4-15-9-13(2,3)19-12(18)10(15)8-11(17)16-7-5-6-14-16/h5-7,10H,4,8-9H2,1-3H3. The number of cyclic esters (lactones) is 1. The molecule has 0 amide bonds. The van der Waals surface area contributed by atoms with E-state index in [0.29, 0.717) is 13.1 Å². The molecule has 1 aromatic rings. The van der Waals surface area contributed by atoms with Gasteiger partial charge < -0.3 is 4.74 Å². The fourth-order valence-corrected chi connectivity index (χ4v) is 2.34. The first-order valence-corrected chi connectivity index (χ1v) is 6.42. The van der Waals surface area contributed by atoms with Crippen LogP contribution in [0.5, 0.6) is 0 Å². The van der Waals surface area contributed by atoms with Gasteiger partial charge in [-0.15, -0.1) is 0 Å². The van der Waals surface area contributed by atoms with Crippen molar-refractivity contribution in [2.75, 3.05) is 13.1 Å². The number of hydrogen-bond acceptors (Lipinski definition) is 5. The second-order valence-electron chi connectivity index (χ2n) is 5.31. The lowest BCUT2D eigenvalue weighted by atomic mass is 10.0. The molecule has 1 aliphatic rings. The number of morpholine rings is 1. The summed E-state index contributed by atoms with van der Waals surface area (Å²) in [5, 5.41) is 3.88. The fraction of sp³-hybridized carbons (Fsp3) is 0.615. The van der Waals surface area contributed by atoms with Crippen LogP contribution >= 0.6 is 0 Å². The van der Waals surface area contributed by atoms with Gasteiger partial charge in [0.2, 0.25) is 5.91 Å². The lowest BCUT2D eigenvalue weighted by Gasteiger charge is -2.41. The summed E-state index contributed by atoms with van der Waals surface area (Å²) in [4.78, 5) is 26.0. The van der Waals surface area contributed by atoms with Gasteiger partial charge in [0, 0.05) is 18.9 Å². The second-order valence-corrected chi connectivity index (χ2v) is 5.31. The first-order chi connectivity index (χ1) is 8.93. The third-order valence-corrected chi connectivity index (χ3v) is 3.21. The third-order valence-electron chi connectivity index (χ3n) is 3.21. The molecule has 1 aliphatic heterocycles. The zero-order valence-electron chi connectivity index (χ0n) is 11.5. The van der Waals surface area contributed by atoms with Crippen LogP contribution < -0.4 is 0 Å². The molecule has 1 unspecified atom stereocenters. The van der Waals surface area contributed by atoms with E-state index in [1.165, 1.54) is 10.9 Å². The molecule has 1 fully saturated rings. The molecule has 6 heteroatoms. The summed E-state index contributed by atoms with van der Waals surface area (Å²) >= 11 is 0. The van der Waals surface area contributed by atoms with E-state index in [1.54, 1.807) is 12.3 Å². The highest BCUT2D eigenvalue weighted by atomic mass is 16.6. The fourth-order valence-electron chi connectivity index (χ4n) is 2.34. The van der Waals surface area contributed by atoms with Crippen LogP contribution in [0.2, 0.25) is 0 Å². The number of hydrogen-bond donors (Lipinski definition) is 0. The predicted molar refractivity (Wildman–Crippen MR) is 68.7 cm³/mol. The molecule has 6 nitrogen and oxygen atoms in total. The van der Waals surface area contributed by atoms with Gasteiger partial charge >= 0.3 is 5.97 Å². The summed E-state index contributed by atoms with van der Waals surface area (Å²) in [5.41, 5.74) is -0.502. The zero-order chi connectivity index (χ0) is 14.0. The van der Waals surface area contributed by atoms with Gasteiger partial charge in [-0.1, -0.05) is 6.92 Å². The zero-order valence-corrected chi connectivity index (χ0v) is 11.5. The topological polar surface area (TPSA) is 64.4 Å². The van der Waals surface area contributed by atoms with Crippen LogP contribution in [0.3, 0.4) is 0 Å². The monoisotopic (exact) mass is 265 g/mol. The van der Waals surface area contributed by atoms with Gasteiger partial charge in [0.15, 0.2) is 0 Å². The minimum Gasteiger partial charge on any atom is -0.457 e.